The lowest BCUT2D eigenvalue weighted by Crippen LogP contribution is -2.13. The van der Waals surface area contributed by atoms with Gasteiger partial charge in [0.15, 0.2) is 5.78 Å². The molecule has 0 saturated carbocycles. The number of thiazole rings is 1. The molecule has 180 valence electrons. The van der Waals surface area contributed by atoms with Crippen LogP contribution >= 0.6 is 22.9 Å². The van der Waals surface area contributed by atoms with Gasteiger partial charge >= 0.3 is 6.18 Å². The number of halogens is 4. The summed E-state index contributed by atoms with van der Waals surface area (Å²) < 4.78 is 39.0. The van der Waals surface area contributed by atoms with Gasteiger partial charge in [0.25, 0.3) is 11.9 Å². The van der Waals surface area contributed by atoms with Crippen LogP contribution < -0.4 is 10.6 Å². The average Bonchev–Trinajstić information content (AvgIpc) is 3.50. The fourth-order valence-electron chi connectivity index (χ4n) is 2.69. The van der Waals surface area contributed by atoms with E-state index in [-0.39, 0.29) is 41.0 Å². The molecule has 4 aromatic rings. The molecule has 0 fully saturated rings. The number of pyridine rings is 1. The number of tetrazole rings is 1. The SMILES string of the molecule is O=C(CCc1ncc(C(=O)Nc2cc(C(F)(F)F)c(Cl)cn2)s1)c1cc(Nc2nn[nH]n2)ncn1. The van der Waals surface area contributed by atoms with Crippen molar-refractivity contribution in [1.29, 1.82) is 0 Å². The number of carbonyl (C=O) groups excluding carboxylic acids is 2. The molecule has 0 saturated heterocycles. The number of amides is 1. The number of carbonyl (C=O) groups is 2. The molecule has 4 rings (SSSR count). The molecule has 1 amide bonds. The molecule has 0 aliphatic rings. The number of alkyl halides is 3. The summed E-state index contributed by atoms with van der Waals surface area (Å²) >= 11 is 6.52. The summed E-state index contributed by atoms with van der Waals surface area (Å²) in [4.78, 5) is 40.8. The molecule has 3 N–H and O–H groups in total. The number of hydrogen-bond donors (Lipinski definition) is 3. The van der Waals surface area contributed by atoms with Crippen LogP contribution in [0.25, 0.3) is 0 Å². The Morgan fingerprint density at radius 2 is 1.91 bits per heavy atom. The first kappa shape index (κ1) is 24.1. The Balaban J connectivity index is 1.35. The normalized spacial score (nSPS) is 11.3. The first-order chi connectivity index (χ1) is 16.7. The van der Waals surface area contributed by atoms with Crippen LogP contribution in [0.1, 0.15) is 37.2 Å². The lowest BCUT2D eigenvalue weighted by molar-refractivity contribution is -0.137. The molecule has 4 aromatic heterocycles. The van der Waals surface area contributed by atoms with E-state index in [1.807, 2.05) is 0 Å². The summed E-state index contributed by atoms with van der Waals surface area (Å²) in [5, 5.41) is 18.0. The quantitative estimate of drug-likeness (QED) is 0.291. The Bertz CT molecular complexity index is 1360. The Hall–Kier alpha value is -4.05. The molecule has 0 radical (unpaired) electrons. The zero-order valence-electron chi connectivity index (χ0n) is 17.2. The molecule has 0 aliphatic heterocycles. The third kappa shape index (κ3) is 6.10. The summed E-state index contributed by atoms with van der Waals surface area (Å²) in [6.45, 7) is 0. The summed E-state index contributed by atoms with van der Waals surface area (Å²) in [5.74, 6) is -0.849. The summed E-state index contributed by atoms with van der Waals surface area (Å²) in [6.07, 6.45) is -1.17. The third-order valence-corrected chi connectivity index (χ3v) is 5.64. The number of ketones is 1. The number of nitrogens with zero attached hydrogens (tertiary/aromatic N) is 7. The van der Waals surface area contributed by atoms with Gasteiger partial charge in [-0.3, -0.25) is 9.59 Å². The first-order valence-electron chi connectivity index (χ1n) is 9.53. The van der Waals surface area contributed by atoms with Crippen LogP contribution in [0.15, 0.2) is 30.9 Å². The Morgan fingerprint density at radius 1 is 1.09 bits per heavy atom. The van der Waals surface area contributed by atoms with Gasteiger partial charge in [-0.1, -0.05) is 16.7 Å². The van der Waals surface area contributed by atoms with Crippen molar-refractivity contribution in [2.45, 2.75) is 19.0 Å². The highest BCUT2D eigenvalue weighted by Crippen LogP contribution is 2.35. The van der Waals surface area contributed by atoms with Crippen LogP contribution in [0, 0.1) is 0 Å². The van der Waals surface area contributed by atoms with Crippen molar-refractivity contribution in [3.05, 3.63) is 57.0 Å². The number of rotatable bonds is 8. The fourth-order valence-corrected chi connectivity index (χ4v) is 3.71. The van der Waals surface area contributed by atoms with Crippen LogP contribution in [0.3, 0.4) is 0 Å². The lowest BCUT2D eigenvalue weighted by Gasteiger charge is -2.10. The maximum atomic E-state index is 13.0. The molecule has 0 bridgehead atoms. The van der Waals surface area contributed by atoms with E-state index in [0.717, 1.165) is 17.5 Å². The van der Waals surface area contributed by atoms with Crippen molar-refractivity contribution in [3.63, 3.8) is 0 Å². The molecule has 4 heterocycles. The van der Waals surface area contributed by atoms with Crippen molar-refractivity contribution in [2.24, 2.45) is 0 Å². The fraction of sp³-hybridized carbons (Fsp3) is 0.167. The number of anilines is 3. The predicted molar refractivity (Wildman–Crippen MR) is 116 cm³/mol. The molecule has 0 spiro atoms. The highest BCUT2D eigenvalue weighted by Gasteiger charge is 2.34. The first-order valence-corrected chi connectivity index (χ1v) is 10.7. The van der Waals surface area contributed by atoms with Gasteiger partial charge in [0.2, 0.25) is 0 Å². The zero-order chi connectivity index (χ0) is 25.0. The van der Waals surface area contributed by atoms with Crippen molar-refractivity contribution < 1.29 is 22.8 Å². The number of Topliss-reactive ketones (excluding diaryl/α,β-unsaturated/α-hetero) is 1. The topological polar surface area (TPSA) is 164 Å². The van der Waals surface area contributed by atoms with Gasteiger partial charge in [0.1, 0.15) is 28.5 Å². The summed E-state index contributed by atoms with van der Waals surface area (Å²) in [6, 6.07) is 2.07. The van der Waals surface area contributed by atoms with Crippen molar-refractivity contribution in [3.8, 4) is 0 Å². The van der Waals surface area contributed by atoms with Gasteiger partial charge in [0.05, 0.1) is 21.8 Å². The molecule has 35 heavy (non-hydrogen) atoms. The largest absolute Gasteiger partial charge is 0.418 e. The molecule has 12 nitrogen and oxygen atoms in total. The second kappa shape index (κ2) is 10.1. The monoisotopic (exact) mass is 524 g/mol. The van der Waals surface area contributed by atoms with Gasteiger partial charge in [0, 0.05) is 25.1 Å². The van der Waals surface area contributed by atoms with E-state index in [9.17, 15) is 22.8 Å². The van der Waals surface area contributed by atoms with Crippen LogP contribution in [0.2, 0.25) is 5.02 Å². The Morgan fingerprint density at radius 3 is 2.66 bits per heavy atom. The predicted octanol–water partition coefficient (Wildman–Crippen LogP) is 3.32. The standard InChI is InChI=1S/C18H12ClF3N10O2S/c19-9-5-23-13(3-8(9)18(20,21)22)27-16(34)12-6-24-15(35-12)2-1-11(33)10-4-14(26-7-25-10)28-17-29-31-32-30-17/h3-7H,1-2H2,(H,23,27,34)(H2,25,26,28,29,30,31,32). The van der Waals surface area contributed by atoms with Gasteiger partial charge < -0.3 is 10.6 Å². The van der Waals surface area contributed by atoms with Crippen LogP contribution in [-0.4, -0.2) is 52.3 Å². The maximum Gasteiger partial charge on any atom is 0.418 e. The van der Waals surface area contributed by atoms with Gasteiger partial charge in [-0.05, 0) is 11.3 Å². The van der Waals surface area contributed by atoms with E-state index in [1.54, 1.807) is 0 Å². The Kier molecular flexibility index (Phi) is 6.92. The minimum atomic E-state index is -4.70. The Labute approximate surface area is 202 Å². The number of hydrogen-bond acceptors (Lipinski definition) is 11. The van der Waals surface area contributed by atoms with Crippen LogP contribution in [0.4, 0.5) is 30.8 Å². The molecule has 0 aromatic carbocycles. The van der Waals surface area contributed by atoms with E-state index in [2.05, 4.69) is 51.2 Å². The molecular weight excluding hydrogens is 513 g/mol. The van der Waals surface area contributed by atoms with Crippen LogP contribution in [0.5, 0.6) is 0 Å². The second-order valence-electron chi connectivity index (χ2n) is 6.69. The summed E-state index contributed by atoms with van der Waals surface area (Å²) in [5.41, 5.74) is -0.969. The van der Waals surface area contributed by atoms with Crippen molar-refractivity contribution in [1.82, 2.24) is 40.6 Å². The van der Waals surface area contributed by atoms with Gasteiger partial charge in [-0.15, -0.1) is 16.4 Å². The molecule has 0 unspecified atom stereocenters. The second-order valence-corrected chi connectivity index (χ2v) is 8.21. The molecule has 0 atom stereocenters. The molecular formula is C18H12ClF3N10O2S. The van der Waals surface area contributed by atoms with E-state index in [4.69, 9.17) is 11.6 Å². The van der Waals surface area contributed by atoms with E-state index >= 15 is 0 Å². The maximum absolute atomic E-state index is 13.0. The highest BCUT2D eigenvalue weighted by atomic mass is 35.5. The third-order valence-electron chi connectivity index (χ3n) is 4.28. The number of H-pyrrole nitrogens is 1. The summed E-state index contributed by atoms with van der Waals surface area (Å²) in [7, 11) is 0. The van der Waals surface area contributed by atoms with E-state index in [0.29, 0.717) is 16.9 Å². The van der Waals surface area contributed by atoms with Crippen molar-refractivity contribution >= 4 is 52.2 Å². The number of aromatic amines is 1. The zero-order valence-corrected chi connectivity index (χ0v) is 18.7. The van der Waals surface area contributed by atoms with Gasteiger partial charge in [-0.25, -0.2) is 19.9 Å². The highest BCUT2D eigenvalue weighted by molar-refractivity contribution is 7.13. The van der Waals surface area contributed by atoms with Crippen molar-refractivity contribution in [2.75, 3.05) is 10.6 Å². The smallest absolute Gasteiger partial charge is 0.306 e. The minimum Gasteiger partial charge on any atom is -0.306 e. The minimum absolute atomic E-state index is 0.0426. The van der Waals surface area contributed by atoms with Gasteiger partial charge in [-0.2, -0.15) is 18.4 Å². The average molecular weight is 525 g/mol. The number of nitrogens with one attached hydrogen (secondary N) is 3. The van der Waals surface area contributed by atoms with E-state index in [1.165, 1.54) is 18.6 Å². The van der Waals surface area contributed by atoms with Crippen LogP contribution in [-0.2, 0) is 12.6 Å². The molecule has 17 heteroatoms. The number of aromatic nitrogens is 8. The molecule has 0 aliphatic carbocycles. The lowest BCUT2D eigenvalue weighted by atomic mass is 10.1. The van der Waals surface area contributed by atoms with E-state index < -0.39 is 22.7 Å². The number of aryl methyl sites for hydroxylation is 1.